The zero-order chi connectivity index (χ0) is 16.9. The molecule has 1 amide bonds. The molecular formula is C17H23ClN4O3. The maximum Gasteiger partial charge on any atom is 0.276 e. The highest BCUT2D eigenvalue weighted by molar-refractivity contribution is 6.05. The van der Waals surface area contributed by atoms with Crippen LogP contribution in [-0.2, 0) is 13.0 Å². The van der Waals surface area contributed by atoms with E-state index < -0.39 is 0 Å². The molecule has 0 fully saturated rings. The average Bonchev–Trinajstić information content (AvgIpc) is 3.02. The smallest absolute Gasteiger partial charge is 0.276 e. The van der Waals surface area contributed by atoms with Gasteiger partial charge in [0, 0.05) is 36.8 Å². The number of aromatic amines is 1. The predicted molar refractivity (Wildman–Crippen MR) is 98.0 cm³/mol. The number of nitrogens with zero attached hydrogens (tertiary/aromatic N) is 1. The van der Waals surface area contributed by atoms with Crippen LogP contribution in [0, 0.1) is 0 Å². The van der Waals surface area contributed by atoms with Gasteiger partial charge >= 0.3 is 0 Å². The number of anilines is 1. The molecule has 2 aromatic rings. The van der Waals surface area contributed by atoms with Crippen LogP contribution in [0.2, 0.25) is 0 Å². The van der Waals surface area contributed by atoms with E-state index in [1.807, 2.05) is 19.9 Å². The van der Waals surface area contributed by atoms with Crippen molar-refractivity contribution >= 4 is 24.0 Å². The lowest BCUT2D eigenvalue weighted by atomic mass is 10.1. The van der Waals surface area contributed by atoms with Gasteiger partial charge < -0.3 is 20.1 Å². The lowest BCUT2D eigenvalue weighted by Crippen LogP contribution is -2.25. The van der Waals surface area contributed by atoms with E-state index in [-0.39, 0.29) is 18.3 Å². The summed E-state index contributed by atoms with van der Waals surface area (Å²) < 4.78 is 11.1. The molecule has 25 heavy (non-hydrogen) atoms. The second-order valence-corrected chi connectivity index (χ2v) is 5.43. The molecule has 1 aromatic carbocycles. The molecule has 136 valence electrons. The van der Waals surface area contributed by atoms with Crippen LogP contribution in [0.4, 0.5) is 5.69 Å². The maximum atomic E-state index is 12.7. The summed E-state index contributed by atoms with van der Waals surface area (Å²) >= 11 is 0. The van der Waals surface area contributed by atoms with Crippen LogP contribution in [-0.4, -0.2) is 35.9 Å². The number of rotatable bonds is 6. The summed E-state index contributed by atoms with van der Waals surface area (Å²) in [7, 11) is 0. The number of fused-ring (bicyclic) bond motifs is 1. The largest absolute Gasteiger partial charge is 0.494 e. The van der Waals surface area contributed by atoms with Crippen LogP contribution in [0.25, 0.3) is 0 Å². The van der Waals surface area contributed by atoms with Gasteiger partial charge in [-0.15, -0.1) is 12.4 Å². The first-order valence-electron chi connectivity index (χ1n) is 8.20. The van der Waals surface area contributed by atoms with Crippen molar-refractivity contribution in [2.24, 2.45) is 0 Å². The van der Waals surface area contributed by atoms with Gasteiger partial charge in [-0.3, -0.25) is 9.89 Å². The number of H-pyrrole nitrogens is 1. The third kappa shape index (κ3) is 4.24. The van der Waals surface area contributed by atoms with Crippen LogP contribution >= 0.6 is 12.4 Å². The number of carbonyl (C=O) groups excluding carboxylic acids is 1. The van der Waals surface area contributed by atoms with E-state index in [9.17, 15) is 4.79 Å². The Kier molecular flexibility index (Phi) is 6.66. The Labute approximate surface area is 152 Å². The quantitative estimate of drug-likeness (QED) is 0.731. The Morgan fingerprint density at radius 3 is 2.84 bits per heavy atom. The molecule has 3 rings (SSSR count). The Balaban J connectivity index is 0.00000225. The molecule has 0 radical (unpaired) electrons. The van der Waals surface area contributed by atoms with Gasteiger partial charge in [0.2, 0.25) is 0 Å². The van der Waals surface area contributed by atoms with Gasteiger partial charge in [-0.25, -0.2) is 0 Å². The standard InChI is InChI=1S/C17H22N4O3.ClH/c1-3-23-11-5-6-15(24-4-2)14(9-11)19-17(22)16-12-10-18-8-7-13(12)20-21-16;/h5-6,9,18H,3-4,7-8,10H2,1-2H3,(H,19,22)(H,20,21);1H. The summed E-state index contributed by atoms with van der Waals surface area (Å²) in [5.74, 6) is 1.03. The number of ether oxygens (including phenoxy) is 2. The number of carbonyl (C=O) groups is 1. The third-order valence-corrected chi connectivity index (χ3v) is 3.83. The minimum Gasteiger partial charge on any atom is -0.494 e. The van der Waals surface area contributed by atoms with Crippen molar-refractivity contribution in [2.45, 2.75) is 26.8 Å². The third-order valence-electron chi connectivity index (χ3n) is 3.83. The topological polar surface area (TPSA) is 88.3 Å². The molecule has 0 aliphatic carbocycles. The van der Waals surface area contributed by atoms with E-state index in [4.69, 9.17) is 9.47 Å². The van der Waals surface area contributed by atoms with Crippen molar-refractivity contribution < 1.29 is 14.3 Å². The van der Waals surface area contributed by atoms with Crippen LogP contribution in [0.15, 0.2) is 18.2 Å². The van der Waals surface area contributed by atoms with Gasteiger partial charge in [0.25, 0.3) is 5.91 Å². The summed E-state index contributed by atoms with van der Waals surface area (Å²) in [4.78, 5) is 12.7. The summed E-state index contributed by atoms with van der Waals surface area (Å²) in [5.41, 5.74) is 2.94. The van der Waals surface area contributed by atoms with Gasteiger partial charge in [0.1, 0.15) is 11.5 Å². The number of nitrogens with one attached hydrogen (secondary N) is 3. The van der Waals surface area contributed by atoms with E-state index in [1.165, 1.54) is 0 Å². The molecular weight excluding hydrogens is 344 g/mol. The number of halogens is 1. The molecule has 0 unspecified atom stereocenters. The molecule has 1 aliphatic heterocycles. The highest BCUT2D eigenvalue weighted by Gasteiger charge is 2.22. The Bertz CT molecular complexity index is 733. The van der Waals surface area contributed by atoms with E-state index in [1.54, 1.807) is 12.1 Å². The first kappa shape index (κ1) is 19.1. The normalized spacial score (nSPS) is 12.7. The SMILES string of the molecule is CCOc1ccc(OCC)c(NC(=O)c2n[nH]c3c2CNCC3)c1.Cl. The fourth-order valence-corrected chi connectivity index (χ4v) is 2.74. The maximum absolute atomic E-state index is 12.7. The van der Waals surface area contributed by atoms with Gasteiger partial charge in [-0.2, -0.15) is 5.10 Å². The van der Waals surface area contributed by atoms with Crippen LogP contribution in [0.1, 0.15) is 35.6 Å². The molecule has 2 heterocycles. The lowest BCUT2D eigenvalue weighted by molar-refractivity contribution is 0.102. The first-order chi connectivity index (χ1) is 11.7. The molecule has 0 saturated heterocycles. The van der Waals surface area contributed by atoms with Crippen molar-refractivity contribution in [2.75, 3.05) is 25.1 Å². The minimum atomic E-state index is -0.259. The van der Waals surface area contributed by atoms with Gasteiger partial charge in [0.15, 0.2) is 5.69 Å². The highest BCUT2D eigenvalue weighted by atomic mass is 35.5. The molecule has 0 atom stereocenters. The fraction of sp³-hybridized carbons (Fsp3) is 0.412. The Morgan fingerprint density at radius 2 is 2.08 bits per heavy atom. The van der Waals surface area contributed by atoms with Crippen molar-refractivity contribution in [3.63, 3.8) is 0 Å². The summed E-state index contributed by atoms with van der Waals surface area (Å²) in [6.07, 6.45) is 0.847. The molecule has 3 N–H and O–H groups in total. The average molecular weight is 367 g/mol. The zero-order valence-corrected chi connectivity index (χ0v) is 15.2. The van der Waals surface area contributed by atoms with E-state index in [0.717, 1.165) is 24.2 Å². The van der Waals surface area contributed by atoms with E-state index in [2.05, 4.69) is 20.8 Å². The Hall–Kier alpha value is -2.25. The lowest BCUT2D eigenvalue weighted by Gasteiger charge is -2.15. The monoisotopic (exact) mass is 366 g/mol. The summed E-state index contributed by atoms with van der Waals surface area (Å²) in [6.45, 7) is 6.42. The summed E-state index contributed by atoms with van der Waals surface area (Å²) in [6, 6.07) is 5.39. The van der Waals surface area contributed by atoms with Crippen molar-refractivity contribution in [3.8, 4) is 11.5 Å². The highest BCUT2D eigenvalue weighted by Crippen LogP contribution is 2.30. The second kappa shape index (κ2) is 8.73. The minimum absolute atomic E-state index is 0. The Morgan fingerprint density at radius 1 is 1.28 bits per heavy atom. The molecule has 8 heteroatoms. The predicted octanol–water partition coefficient (Wildman–Crippen LogP) is 2.53. The molecule has 0 spiro atoms. The van der Waals surface area contributed by atoms with Crippen LogP contribution in [0.5, 0.6) is 11.5 Å². The van der Waals surface area contributed by atoms with Gasteiger partial charge in [0.05, 0.1) is 18.9 Å². The van der Waals surface area contributed by atoms with Crippen LogP contribution < -0.4 is 20.1 Å². The number of amides is 1. The number of hydrogen-bond acceptors (Lipinski definition) is 5. The van der Waals surface area contributed by atoms with Crippen molar-refractivity contribution in [1.29, 1.82) is 0 Å². The summed E-state index contributed by atoms with van der Waals surface area (Å²) in [5, 5.41) is 13.3. The molecule has 0 saturated carbocycles. The van der Waals surface area contributed by atoms with Gasteiger partial charge in [-0.05, 0) is 26.0 Å². The number of aromatic nitrogens is 2. The molecule has 1 aromatic heterocycles. The second-order valence-electron chi connectivity index (χ2n) is 5.43. The van der Waals surface area contributed by atoms with Crippen molar-refractivity contribution in [3.05, 3.63) is 35.2 Å². The van der Waals surface area contributed by atoms with Crippen LogP contribution in [0.3, 0.4) is 0 Å². The van der Waals surface area contributed by atoms with Crippen molar-refractivity contribution in [1.82, 2.24) is 15.5 Å². The number of benzene rings is 1. The van der Waals surface area contributed by atoms with E-state index in [0.29, 0.717) is 42.6 Å². The fourth-order valence-electron chi connectivity index (χ4n) is 2.74. The number of hydrogen-bond donors (Lipinski definition) is 3. The first-order valence-corrected chi connectivity index (χ1v) is 8.20. The zero-order valence-electron chi connectivity index (χ0n) is 14.3. The van der Waals surface area contributed by atoms with Gasteiger partial charge in [-0.1, -0.05) is 0 Å². The van der Waals surface area contributed by atoms with E-state index >= 15 is 0 Å². The molecule has 0 bridgehead atoms. The molecule has 7 nitrogen and oxygen atoms in total. The molecule has 1 aliphatic rings.